The van der Waals surface area contributed by atoms with E-state index >= 15 is 0 Å². The molecule has 0 aliphatic rings. The van der Waals surface area contributed by atoms with Gasteiger partial charge in [-0.1, -0.05) is 41.6 Å². The van der Waals surface area contributed by atoms with Crippen LogP contribution in [0, 0.1) is 0 Å². The third-order valence-electron chi connectivity index (χ3n) is 2.58. The summed E-state index contributed by atoms with van der Waals surface area (Å²) >= 11 is 2.82. The summed E-state index contributed by atoms with van der Waals surface area (Å²) in [4.78, 5) is 10.7. The molecular formula is C14H11N3OS2. The highest BCUT2D eigenvalue weighted by Crippen LogP contribution is 2.22. The van der Waals surface area contributed by atoms with Gasteiger partial charge in [0.25, 0.3) is 0 Å². The predicted octanol–water partition coefficient (Wildman–Crippen LogP) is 4.07. The van der Waals surface area contributed by atoms with E-state index in [0.29, 0.717) is 11.0 Å². The van der Waals surface area contributed by atoms with Crippen LogP contribution < -0.4 is 4.84 Å². The lowest BCUT2D eigenvalue weighted by atomic mass is 10.2. The zero-order chi connectivity index (χ0) is 13.8. The van der Waals surface area contributed by atoms with Crippen molar-refractivity contribution in [3.63, 3.8) is 0 Å². The molecule has 0 aliphatic carbocycles. The molecule has 2 heterocycles. The van der Waals surface area contributed by atoms with Gasteiger partial charge in [0.1, 0.15) is 0 Å². The maximum atomic E-state index is 5.33. The summed E-state index contributed by atoms with van der Waals surface area (Å²) in [6.07, 6.45) is 0. The first kappa shape index (κ1) is 13.0. The van der Waals surface area contributed by atoms with Crippen LogP contribution in [0.15, 0.2) is 53.0 Å². The second-order valence-electron chi connectivity index (χ2n) is 4.00. The lowest BCUT2D eigenvalue weighted by Crippen LogP contribution is -1.94. The van der Waals surface area contributed by atoms with Crippen LogP contribution in [0.2, 0.25) is 0 Å². The van der Waals surface area contributed by atoms with Crippen molar-refractivity contribution in [2.75, 3.05) is 0 Å². The number of hydrogen-bond acceptors (Lipinski definition) is 6. The number of thiophene rings is 1. The molecule has 0 atom stereocenters. The van der Waals surface area contributed by atoms with Crippen molar-refractivity contribution in [3.8, 4) is 16.6 Å². The van der Waals surface area contributed by atoms with Crippen molar-refractivity contribution in [2.45, 2.75) is 6.92 Å². The van der Waals surface area contributed by atoms with E-state index in [2.05, 4.69) is 14.5 Å². The van der Waals surface area contributed by atoms with Gasteiger partial charge in [-0.15, -0.1) is 11.3 Å². The zero-order valence-corrected chi connectivity index (χ0v) is 12.3. The highest BCUT2D eigenvalue weighted by atomic mass is 32.1. The fraction of sp³-hybridized carbons (Fsp3) is 0.0714. The van der Waals surface area contributed by atoms with Crippen molar-refractivity contribution in [1.82, 2.24) is 9.36 Å². The van der Waals surface area contributed by atoms with E-state index in [1.54, 1.807) is 11.3 Å². The molecule has 100 valence electrons. The van der Waals surface area contributed by atoms with Gasteiger partial charge in [0, 0.05) is 17.1 Å². The molecule has 1 aromatic carbocycles. The first-order valence-corrected chi connectivity index (χ1v) is 7.63. The fourth-order valence-electron chi connectivity index (χ4n) is 1.59. The Morgan fingerprint density at radius 2 is 2.00 bits per heavy atom. The van der Waals surface area contributed by atoms with Gasteiger partial charge in [0.05, 0.1) is 10.6 Å². The fourth-order valence-corrected chi connectivity index (χ4v) is 2.77. The van der Waals surface area contributed by atoms with E-state index in [4.69, 9.17) is 4.84 Å². The molecule has 0 fully saturated rings. The van der Waals surface area contributed by atoms with Crippen molar-refractivity contribution >= 4 is 28.6 Å². The largest absolute Gasteiger partial charge is 0.325 e. The van der Waals surface area contributed by atoms with E-state index < -0.39 is 0 Å². The summed E-state index contributed by atoms with van der Waals surface area (Å²) in [5.74, 6) is 0.662. The Balaban J connectivity index is 1.74. The maximum Gasteiger partial charge on any atom is 0.325 e. The van der Waals surface area contributed by atoms with Crippen LogP contribution in [-0.4, -0.2) is 15.1 Å². The summed E-state index contributed by atoms with van der Waals surface area (Å²) in [6, 6.07) is 13.8. The maximum absolute atomic E-state index is 5.33. The Morgan fingerprint density at radius 3 is 2.75 bits per heavy atom. The molecule has 3 aromatic rings. The van der Waals surface area contributed by atoms with Crippen LogP contribution in [-0.2, 0) is 0 Å². The lowest BCUT2D eigenvalue weighted by Gasteiger charge is -1.95. The first-order chi connectivity index (χ1) is 9.83. The Kier molecular flexibility index (Phi) is 3.85. The molecule has 0 radical (unpaired) electrons. The number of rotatable bonds is 4. The van der Waals surface area contributed by atoms with Crippen molar-refractivity contribution < 1.29 is 4.84 Å². The molecule has 4 nitrogen and oxygen atoms in total. The molecule has 0 spiro atoms. The van der Waals surface area contributed by atoms with Crippen LogP contribution in [0.1, 0.15) is 11.8 Å². The monoisotopic (exact) mass is 301 g/mol. The van der Waals surface area contributed by atoms with E-state index in [0.717, 1.165) is 16.2 Å². The van der Waals surface area contributed by atoms with Gasteiger partial charge in [-0.2, -0.15) is 9.36 Å². The van der Waals surface area contributed by atoms with Crippen LogP contribution >= 0.6 is 22.9 Å². The van der Waals surface area contributed by atoms with Gasteiger partial charge in [-0.3, -0.25) is 0 Å². The van der Waals surface area contributed by atoms with Crippen LogP contribution in [0.25, 0.3) is 11.4 Å². The molecule has 0 N–H and O–H groups in total. The zero-order valence-electron chi connectivity index (χ0n) is 10.7. The number of benzene rings is 1. The quantitative estimate of drug-likeness (QED) is 0.539. The number of hydrogen-bond donors (Lipinski definition) is 0. The van der Waals surface area contributed by atoms with E-state index in [1.165, 1.54) is 11.5 Å². The third kappa shape index (κ3) is 2.92. The summed E-state index contributed by atoms with van der Waals surface area (Å²) in [7, 11) is 0. The van der Waals surface area contributed by atoms with Gasteiger partial charge >= 0.3 is 5.19 Å². The summed E-state index contributed by atoms with van der Waals surface area (Å²) in [5, 5.41) is 6.53. The third-order valence-corrected chi connectivity index (χ3v) is 4.14. The highest BCUT2D eigenvalue weighted by Gasteiger charge is 2.07. The van der Waals surface area contributed by atoms with E-state index in [-0.39, 0.29) is 0 Å². The molecular weight excluding hydrogens is 290 g/mol. The average Bonchev–Trinajstić information content (AvgIpc) is 3.17. The van der Waals surface area contributed by atoms with Crippen LogP contribution in [0.5, 0.6) is 5.19 Å². The molecule has 0 bridgehead atoms. The van der Waals surface area contributed by atoms with E-state index in [1.807, 2.05) is 54.8 Å². The minimum Gasteiger partial charge on any atom is -0.323 e. The average molecular weight is 301 g/mol. The van der Waals surface area contributed by atoms with Gasteiger partial charge < -0.3 is 4.84 Å². The topological polar surface area (TPSA) is 47.4 Å². The molecule has 0 amide bonds. The molecule has 20 heavy (non-hydrogen) atoms. The van der Waals surface area contributed by atoms with Crippen molar-refractivity contribution in [3.05, 3.63) is 52.7 Å². The van der Waals surface area contributed by atoms with Crippen LogP contribution in [0.3, 0.4) is 0 Å². The molecule has 6 heteroatoms. The summed E-state index contributed by atoms with van der Waals surface area (Å²) in [5.41, 5.74) is 1.80. The Hall–Kier alpha value is -2.05. The number of nitrogens with zero attached hydrogens (tertiary/aromatic N) is 3. The van der Waals surface area contributed by atoms with Crippen LogP contribution in [0.4, 0.5) is 0 Å². The molecule has 0 aliphatic heterocycles. The Morgan fingerprint density at radius 1 is 1.15 bits per heavy atom. The van der Waals surface area contributed by atoms with Gasteiger partial charge in [-0.25, -0.2) is 0 Å². The van der Waals surface area contributed by atoms with Gasteiger partial charge in [0.2, 0.25) is 0 Å². The lowest BCUT2D eigenvalue weighted by molar-refractivity contribution is 0.339. The summed E-state index contributed by atoms with van der Waals surface area (Å²) < 4.78 is 4.27. The Labute approximate surface area is 124 Å². The minimum absolute atomic E-state index is 0.444. The normalized spacial score (nSPS) is 11.6. The standard InChI is InChI=1S/C14H11N3OS2/c1-10(12-8-5-9-19-12)16-18-14-15-13(17-20-14)11-6-3-2-4-7-11/h2-9H,1H3/b16-10+. The number of aromatic nitrogens is 2. The van der Waals surface area contributed by atoms with Crippen molar-refractivity contribution in [1.29, 1.82) is 0 Å². The minimum atomic E-state index is 0.444. The van der Waals surface area contributed by atoms with E-state index in [9.17, 15) is 0 Å². The predicted molar refractivity (Wildman–Crippen MR) is 82.5 cm³/mol. The molecule has 3 rings (SSSR count). The SMILES string of the molecule is C/C(=N\Oc1nc(-c2ccccc2)ns1)c1cccs1. The summed E-state index contributed by atoms with van der Waals surface area (Å²) in [6.45, 7) is 1.91. The first-order valence-electron chi connectivity index (χ1n) is 5.97. The second kappa shape index (κ2) is 5.94. The number of oxime groups is 1. The molecule has 0 saturated heterocycles. The molecule has 0 unspecified atom stereocenters. The Bertz CT molecular complexity index is 705. The second-order valence-corrected chi connectivity index (χ2v) is 5.66. The molecule has 0 saturated carbocycles. The highest BCUT2D eigenvalue weighted by molar-refractivity contribution is 7.12. The van der Waals surface area contributed by atoms with Gasteiger partial charge in [0.15, 0.2) is 5.82 Å². The van der Waals surface area contributed by atoms with Gasteiger partial charge in [-0.05, 0) is 18.4 Å². The van der Waals surface area contributed by atoms with Crippen molar-refractivity contribution in [2.24, 2.45) is 5.16 Å². The smallest absolute Gasteiger partial charge is 0.323 e. The molecule has 2 aromatic heterocycles.